The fraction of sp³-hybridized carbons (Fsp3) is 0.278. The number of anilines is 1. The van der Waals surface area contributed by atoms with Gasteiger partial charge in [0.15, 0.2) is 28.6 Å². The molecule has 0 saturated carbocycles. The van der Waals surface area contributed by atoms with E-state index in [1.165, 1.54) is 19.1 Å². The molecule has 5 rings (SSSR count). The number of nitrogens with one attached hydrogen (secondary N) is 2. The average molecular weight is 743 g/mol. The maximum atomic E-state index is 14.4. The predicted molar refractivity (Wildman–Crippen MR) is 205 cm³/mol. The molecule has 1 saturated heterocycles. The second-order valence-electron chi connectivity index (χ2n) is 12.2. The lowest BCUT2D eigenvalue weighted by molar-refractivity contribution is -0.135. The van der Waals surface area contributed by atoms with Gasteiger partial charge >= 0.3 is 0 Å². The van der Waals surface area contributed by atoms with Crippen molar-refractivity contribution < 1.29 is 29.0 Å². The molecule has 3 amide bonds. The quantitative estimate of drug-likeness (QED) is 0.0545. The smallest absolute Gasteiger partial charge is 0.267 e. The number of phenolic OH excluding ortho intramolecular Hbond substituents is 1. The molecule has 53 heavy (non-hydrogen) atoms. The SMILES string of the molecule is COc1cc(/C=C2\SC(=Nc3ccccc3)N([C@@H](CCCN=C(N)N)C(=O)NC(C[C@@H]3CN(C(=N)N)c4ccccc43)C(N)=O)C2=O)cc(OC)c1O. The molecular formula is C36H42N10O6S. The highest BCUT2D eigenvalue weighted by molar-refractivity contribution is 8.18. The minimum absolute atomic E-state index is 0.0900. The Morgan fingerprint density at radius 2 is 1.72 bits per heavy atom. The van der Waals surface area contributed by atoms with Gasteiger partial charge in [0.2, 0.25) is 17.6 Å². The van der Waals surface area contributed by atoms with E-state index in [0.717, 1.165) is 23.0 Å². The largest absolute Gasteiger partial charge is 0.502 e. The summed E-state index contributed by atoms with van der Waals surface area (Å²) in [4.78, 5) is 53.6. The number of nitrogens with zero attached hydrogens (tertiary/aromatic N) is 4. The lowest BCUT2D eigenvalue weighted by atomic mass is 9.93. The summed E-state index contributed by atoms with van der Waals surface area (Å²) in [5, 5.41) is 21.5. The second-order valence-corrected chi connectivity index (χ2v) is 13.2. The van der Waals surface area contributed by atoms with Crippen LogP contribution in [0.15, 0.2) is 81.6 Å². The molecule has 0 bridgehead atoms. The van der Waals surface area contributed by atoms with Gasteiger partial charge in [-0.3, -0.25) is 29.7 Å². The van der Waals surface area contributed by atoms with E-state index in [1.807, 2.05) is 30.3 Å². The van der Waals surface area contributed by atoms with Crippen molar-refractivity contribution in [1.82, 2.24) is 10.2 Å². The van der Waals surface area contributed by atoms with Crippen LogP contribution in [0.3, 0.4) is 0 Å². The molecule has 3 aromatic carbocycles. The number of thioether (sulfide) groups is 1. The lowest BCUT2D eigenvalue weighted by Crippen LogP contribution is -2.54. The predicted octanol–water partition coefficient (Wildman–Crippen LogP) is 2.29. The number of aromatic hydroxyl groups is 1. The second kappa shape index (κ2) is 16.9. The number of amidine groups is 1. The van der Waals surface area contributed by atoms with Gasteiger partial charge in [0.1, 0.15) is 12.1 Å². The third kappa shape index (κ3) is 8.81. The number of phenols is 1. The standard InChI is InChI=1S/C36H42N10O6S/c1-51-27-15-20(16-28(52-2)30(27)47)17-29-33(50)46(36(53-29)43-22-9-4-3-5-10-22)26(13-8-14-42-34(38)39)32(49)44-24(31(37)48)18-21-19-45(35(40)41)25-12-7-6-11-23(21)25/h3-7,9-12,15-17,21,24,26,47H,8,13-14,18-19H2,1-2H3,(H2,37,48)(H3,40,41)(H,44,49)(H4,38,39,42)/b29-17-,43-36?/t21-,24?,26+/m1/s1. The zero-order chi connectivity index (χ0) is 38.2. The summed E-state index contributed by atoms with van der Waals surface area (Å²) in [6.07, 6.45) is 2.08. The van der Waals surface area contributed by atoms with Crippen molar-refractivity contribution in [2.45, 2.75) is 37.3 Å². The maximum Gasteiger partial charge on any atom is 0.267 e. The van der Waals surface area contributed by atoms with Gasteiger partial charge in [0, 0.05) is 24.7 Å². The van der Waals surface area contributed by atoms with Crippen molar-refractivity contribution in [2.24, 2.45) is 32.9 Å². The third-order valence-electron chi connectivity index (χ3n) is 8.70. The molecular weight excluding hydrogens is 701 g/mol. The number of rotatable bonds is 14. The lowest BCUT2D eigenvalue weighted by Gasteiger charge is -2.28. The molecule has 16 nitrogen and oxygen atoms in total. The number of para-hydroxylation sites is 2. The Balaban J connectivity index is 1.51. The summed E-state index contributed by atoms with van der Waals surface area (Å²) in [5.41, 5.74) is 25.4. The Morgan fingerprint density at radius 3 is 2.34 bits per heavy atom. The molecule has 0 aliphatic carbocycles. The highest BCUT2D eigenvalue weighted by Crippen LogP contribution is 2.41. The number of carbonyl (C=O) groups excluding carboxylic acids is 3. The van der Waals surface area contributed by atoms with Crippen LogP contribution in [0, 0.1) is 5.41 Å². The number of amides is 3. The fourth-order valence-corrected chi connectivity index (χ4v) is 7.23. The van der Waals surface area contributed by atoms with Crippen LogP contribution in [-0.4, -0.2) is 84.2 Å². The van der Waals surface area contributed by atoms with Gasteiger partial charge in [-0.25, -0.2) is 4.99 Å². The fourth-order valence-electron chi connectivity index (χ4n) is 6.20. The van der Waals surface area contributed by atoms with E-state index >= 15 is 0 Å². The van der Waals surface area contributed by atoms with Gasteiger partial charge in [-0.05, 0) is 78.6 Å². The number of carbonyl (C=O) groups is 3. The number of methoxy groups -OCH3 is 2. The third-order valence-corrected chi connectivity index (χ3v) is 9.69. The van der Waals surface area contributed by atoms with E-state index in [4.69, 9.17) is 42.8 Å². The monoisotopic (exact) mass is 742 g/mol. The first-order chi connectivity index (χ1) is 25.4. The Hall–Kier alpha value is -6.23. The number of primary amides is 1. The Kier molecular flexibility index (Phi) is 12.1. The van der Waals surface area contributed by atoms with Crippen molar-refractivity contribution in [3.05, 3.63) is 82.8 Å². The van der Waals surface area contributed by atoms with Gasteiger partial charge in [-0.1, -0.05) is 36.4 Å². The first kappa shape index (κ1) is 38.0. The van der Waals surface area contributed by atoms with Crippen LogP contribution in [0.4, 0.5) is 11.4 Å². The van der Waals surface area contributed by atoms with E-state index < -0.39 is 29.8 Å². The molecule has 3 atom stereocenters. The first-order valence-corrected chi connectivity index (χ1v) is 17.4. The summed E-state index contributed by atoms with van der Waals surface area (Å²) in [6, 6.07) is 17.1. The van der Waals surface area contributed by atoms with E-state index in [1.54, 1.807) is 47.4 Å². The highest BCUT2D eigenvalue weighted by atomic mass is 32.2. The zero-order valence-electron chi connectivity index (χ0n) is 29.2. The summed E-state index contributed by atoms with van der Waals surface area (Å²) < 4.78 is 10.6. The summed E-state index contributed by atoms with van der Waals surface area (Å²) in [5.74, 6) is -2.45. The average Bonchev–Trinajstić information content (AvgIpc) is 3.65. The number of guanidine groups is 2. The molecule has 1 fully saturated rings. The molecule has 1 unspecified atom stereocenters. The molecule has 2 aliphatic rings. The van der Waals surface area contributed by atoms with E-state index in [9.17, 15) is 19.5 Å². The van der Waals surface area contributed by atoms with Crippen LogP contribution in [0.1, 0.15) is 36.3 Å². The molecule has 17 heteroatoms. The highest BCUT2D eigenvalue weighted by Gasteiger charge is 2.43. The Labute approximate surface area is 310 Å². The van der Waals surface area contributed by atoms with E-state index in [0.29, 0.717) is 24.2 Å². The van der Waals surface area contributed by atoms with Gasteiger partial charge < -0.3 is 47.7 Å². The van der Waals surface area contributed by atoms with Crippen LogP contribution < -0.4 is 42.6 Å². The molecule has 11 N–H and O–H groups in total. The van der Waals surface area contributed by atoms with Gasteiger partial charge in [0.05, 0.1) is 24.8 Å². The van der Waals surface area contributed by atoms with E-state index in [-0.39, 0.29) is 64.5 Å². The summed E-state index contributed by atoms with van der Waals surface area (Å²) >= 11 is 1.05. The molecule has 3 aromatic rings. The van der Waals surface area contributed by atoms with Crippen molar-refractivity contribution in [1.29, 1.82) is 5.41 Å². The summed E-state index contributed by atoms with van der Waals surface area (Å²) in [6.45, 7) is 0.480. The molecule has 0 radical (unpaired) electrons. The molecule has 2 aliphatic heterocycles. The Morgan fingerprint density at radius 1 is 1.06 bits per heavy atom. The Bertz CT molecular complexity index is 1940. The molecule has 278 valence electrons. The van der Waals surface area contributed by atoms with Gasteiger partial charge in [0.25, 0.3) is 5.91 Å². The minimum atomic E-state index is -1.17. The topological polar surface area (TPSA) is 261 Å². The maximum absolute atomic E-state index is 14.4. The van der Waals surface area contributed by atoms with Crippen LogP contribution >= 0.6 is 11.8 Å². The van der Waals surface area contributed by atoms with Crippen molar-refractivity contribution >= 4 is 64.0 Å². The minimum Gasteiger partial charge on any atom is -0.502 e. The van der Waals surface area contributed by atoms with Crippen LogP contribution in [0.2, 0.25) is 0 Å². The van der Waals surface area contributed by atoms with Crippen LogP contribution in [-0.2, 0) is 14.4 Å². The number of aliphatic imine (C=N–C) groups is 2. The van der Waals surface area contributed by atoms with Crippen LogP contribution in [0.25, 0.3) is 6.08 Å². The van der Waals surface area contributed by atoms with Crippen molar-refractivity contribution in [2.75, 3.05) is 32.2 Å². The van der Waals surface area contributed by atoms with Gasteiger partial charge in [-0.2, -0.15) is 0 Å². The zero-order valence-corrected chi connectivity index (χ0v) is 30.0. The number of hydrogen-bond acceptors (Lipinski definition) is 10. The van der Waals surface area contributed by atoms with Gasteiger partial charge in [-0.15, -0.1) is 0 Å². The molecule has 0 spiro atoms. The van der Waals surface area contributed by atoms with Crippen molar-refractivity contribution in [3.8, 4) is 17.2 Å². The normalized spacial score (nSPS) is 17.7. The molecule has 0 aromatic heterocycles. The van der Waals surface area contributed by atoms with Crippen LogP contribution in [0.5, 0.6) is 17.2 Å². The molecule has 2 heterocycles. The van der Waals surface area contributed by atoms with E-state index in [2.05, 4.69) is 10.3 Å². The number of benzene rings is 3. The first-order valence-electron chi connectivity index (χ1n) is 16.6. The summed E-state index contributed by atoms with van der Waals surface area (Å²) in [7, 11) is 2.78. The number of fused-ring (bicyclic) bond motifs is 1. The number of hydrogen-bond donors (Lipinski definition) is 7. The van der Waals surface area contributed by atoms with Crippen molar-refractivity contribution in [3.63, 3.8) is 0 Å². The number of nitrogens with two attached hydrogens (primary N) is 4. The number of ether oxygens (including phenoxy) is 2.